The number of halogens is 1. The van der Waals surface area contributed by atoms with Gasteiger partial charge in [-0.3, -0.25) is 4.79 Å². The van der Waals surface area contributed by atoms with E-state index in [0.29, 0.717) is 34.8 Å². The van der Waals surface area contributed by atoms with Gasteiger partial charge >= 0.3 is 5.97 Å². The fraction of sp³-hybridized carbons (Fsp3) is 0.333. The van der Waals surface area contributed by atoms with Gasteiger partial charge in [0, 0.05) is 40.6 Å². The van der Waals surface area contributed by atoms with Crippen LogP contribution in [0.3, 0.4) is 0 Å². The van der Waals surface area contributed by atoms with Crippen molar-refractivity contribution in [2.75, 3.05) is 24.6 Å². The van der Waals surface area contributed by atoms with E-state index in [-0.39, 0.29) is 12.4 Å². The fourth-order valence-corrected chi connectivity index (χ4v) is 6.19. The van der Waals surface area contributed by atoms with E-state index in [1.54, 1.807) is 12.1 Å². The average molecular weight is 490 g/mol. The molecule has 0 bridgehead atoms. The van der Waals surface area contributed by atoms with Crippen LogP contribution in [0.25, 0.3) is 0 Å². The molecule has 5 heteroatoms. The predicted octanol–water partition coefficient (Wildman–Crippen LogP) is 5.64. The van der Waals surface area contributed by atoms with Gasteiger partial charge in [-0.25, -0.2) is 4.79 Å². The summed E-state index contributed by atoms with van der Waals surface area (Å²) in [5.41, 5.74) is 4.92. The topological polar surface area (TPSA) is 46.6 Å². The second kappa shape index (κ2) is 7.73. The summed E-state index contributed by atoms with van der Waals surface area (Å²) in [7, 11) is 0. The Morgan fingerprint density at radius 3 is 2.09 bits per heavy atom. The van der Waals surface area contributed by atoms with Gasteiger partial charge in [-0.05, 0) is 60.1 Å². The normalized spacial score (nSPS) is 26.5. The number of ether oxygens (including phenoxy) is 1. The van der Waals surface area contributed by atoms with Gasteiger partial charge in [0.25, 0.3) is 0 Å². The minimum atomic E-state index is -0.422. The molecule has 6 rings (SSSR count). The second-order valence-corrected chi connectivity index (χ2v) is 10.2. The highest BCUT2D eigenvalue weighted by Crippen LogP contribution is 2.53. The maximum absolute atomic E-state index is 13.0. The molecule has 0 radical (unpaired) electrons. The highest BCUT2D eigenvalue weighted by atomic mass is 79.9. The zero-order valence-electron chi connectivity index (χ0n) is 17.7. The molecule has 2 aromatic carbocycles. The van der Waals surface area contributed by atoms with E-state index in [1.165, 1.54) is 16.8 Å². The first-order valence-electron chi connectivity index (χ1n) is 11.3. The van der Waals surface area contributed by atoms with E-state index in [2.05, 4.69) is 45.1 Å². The van der Waals surface area contributed by atoms with Crippen molar-refractivity contribution in [1.29, 1.82) is 0 Å². The van der Waals surface area contributed by atoms with Gasteiger partial charge in [0.05, 0.1) is 5.56 Å². The molecule has 0 fully saturated rings. The van der Waals surface area contributed by atoms with Crippen LogP contribution in [0.1, 0.15) is 56.5 Å². The van der Waals surface area contributed by atoms with Gasteiger partial charge in [-0.1, -0.05) is 52.4 Å². The molecular formula is C27H24BrNO3. The van der Waals surface area contributed by atoms with Gasteiger partial charge in [0.2, 0.25) is 0 Å². The number of hydrogen-bond donors (Lipinski definition) is 0. The Balaban J connectivity index is 1.31. The lowest BCUT2D eigenvalue weighted by Crippen LogP contribution is -2.43. The fourth-order valence-electron chi connectivity index (χ4n) is 5.93. The van der Waals surface area contributed by atoms with E-state index in [4.69, 9.17) is 4.74 Å². The molecule has 0 N–H and O–H groups in total. The standard InChI is InChI=1S/C27H24BrNO3/c28-20-9-7-16(8-10-20)25(30)15-32-27(31)19-11-23-21-5-1-3-17(21)13-29-14-18-4-2-6-22(18)24(12-19)26(23)29/h1-2,5-12,17-18,21-22H,3-4,13-15H2/t17-,18-,21+,22+/m1/s1. The van der Waals surface area contributed by atoms with Crippen molar-refractivity contribution in [3.8, 4) is 0 Å². The third kappa shape index (κ3) is 3.25. The van der Waals surface area contributed by atoms with Gasteiger partial charge < -0.3 is 9.64 Å². The number of anilines is 1. The zero-order valence-corrected chi connectivity index (χ0v) is 19.3. The quantitative estimate of drug-likeness (QED) is 0.316. The Morgan fingerprint density at radius 1 is 0.906 bits per heavy atom. The molecule has 0 aromatic heterocycles. The molecule has 2 aliphatic carbocycles. The monoisotopic (exact) mass is 489 g/mol. The number of ketones is 1. The lowest BCUT2D eigenvalue weighted by atomic mass is 9.74. The average Bonchev–Trinajstić information content (AvgIpc) is 3.47. The summed E-state index contributed by atoms with van der Waals surface area (Å²) in [6.45, 7) is 1.93. The molecule has 2 aromatic rings. The first kappa shape index (κ1) is 20.0. The molecule has 2 heterocycles. The Bertz CT molecular complexity index is 1110. The van der Waals surface area contributed by atoms with Crippen LogP contribution in [0.15, 0.2) is 65.2 Å². The molecule has 0 spiro atoms. The summed E-state index contributed by atoms with van der Waals surface area (Å²) < 4.78 is 6.39. The number of allylic oxidation sites excluding steroid dienone is 4. The van der Waals surface area contributed by atoms with Gasteiger partial charge in [0.1, 0.15) is 0 Å². The van der Waals surface area contributed by atoms with Gasteiger partial charge in [-0.15, -0.1) is 0 Å². The molecule has 4 nitrogen and oxygen atoms in total. The molecule has 0 unspecified atom stereocenters. The lowest BCUT2D eigenvalue weighted by Gasteiger charge is -2.46. The van der Waals surface area contributed by atoms with Crippen LogP contribution in [0.4, 0.5) is 5.69 Å². The molecule has 0 amide bonds. The largest absolute Gasteiger partial charge is 0.454 e. The van der Waals surface area contributed by atoms with Crippen molar-refractivity contribution in [2.24, 2.45) is 11.8 Å². The Hall–Kier alpha value is -2.66. The summed E-state index contributed by atoms with van der Waals surface area (Å²) in [5, 5.41) is 0. The molecule has 4 aliphatic rings. The van der Waals surface area contributed by atoms with Gasteiger partial charge in [-0.2, -0.15) is 0 Å². The summed E-state index contributed by atoms with van der Waals surface area (Å²) >= 11 is 3.37. The summed E-state index contributed by atoms with van der Waals surface area (Å²) in [5.74, 6) is 1.25. The van der Waals surface area contributed by atoms with Crippen LogP contribution in [-0.4, -0.2) is 31.4 Å². The van der Waals surface area contributed by atoms with E-state index >= 15 is 0 Å². The van der Waals surface area contributed by atoms with E-state index in [1.807, 2.05) is 24.3 Å². The van der Waals surface area contributed by atoms with Crippen LogP contribution >= 0.6 is 15.9 Å². The van der Waals surface area contributed by atoms with E-state index in [9.17, 15) is 9.59 Å². The number of fused-ring (bicyclic) bond motifs is 4. The highest BCUT2D eigenvalue weighted by molar-refractivity contribution is 9.10. The maximum atomic E-state index is 13.0. The Labute approximate surface area is 196 Å². The Kier molecular flexibility index (Phi) is 4.83. The maximum Gasteiger partial charge on any atom is 0.338 e. The van der Waals surface area contributed by atoms with Crippen molar-refractivity contribution < 1.29 is 14.3 Å². The van der Waals surface area contributed by atoms with Crippen LogP contribution in [0, 0.1) is 11.8 Å². The minimum Gasteiger partial charge on any atom is -0.454 e. The number of Topliss-reactive ketones (excluding diaryl/α,β-unsaturated/α-hetero) is 1. The molecule has 4 atom stereocenters. The van der Waals surface area contributed by atoms with Crippen molar-refractivity contribution in [1.82, 2.24) is 0 Å². The highest BCUT2D eigenvalue weighted by Gasteiger charge is 2.42. The lowest BCUT2D eigenvalue weighted by molar-refractivity contribution is 0.0474. The molecule has 0 saturated heterocycles. The van der Waals surface area contributed by atoms with Crippen molar-refractivity contribution in [2.45, 2.75) is 24.7 Å². The Morgan fingerprint density at radius 2 is 1.50 bits per heavy atom. The van der Waals surface area contributed by atoms with Crippen LogP contribution in [-0.2, 0) is 4.74 Å². The van der Waals surface area contributed by atoms with Crippen molar-refractivity contribution in [3.63, 3.8) is 0 Å². The smallest absolute Gasteiger partial charge is 0.338 e. The number of esters is 1. The third-order valence-electron chi connectivity index (χ3n) is 7.43. The van der Waals surface area contributed by atoms with Crippen molar-refractivity contribution >= 4 is 33.4 Å². The van der Waals surface area contributed by atoms with Gasteiger partial charge in [0.15, 0.2) is 12.4 Å². The molecule has 162 valence electrons. The summed E-state index contributed by atoms with van der Waals surface area (Å²) in [4.78, 5) is 28.1. The van der Waals surface area contributed by atoms with Crippen LogP contribution in [0.2, 0.25) is 0 Å². The SMILES string of the molecule is O=C(COC(=O)c1cc2c3c(c1)[C@H]1C=CC[C@@H]1CN3C[C@H]1CC=C[C@H]21)c1ccc(Br)cc1. The second-order valence-electron chi connectivity index (χ2n) is 9.31. The third-order valence-corrected chi connectivity index (χ3v) is 7.96. The number of hydrogen-bond acceptors (Lipinski definition) is 4. The van der Waals surface area contributed by atoms with E-state index < -0.39 is 5.97 Å². The van der Waals surface area contributed by atoms with Crippen molar-refractivity contribution in [3.05, 3.63) is 87.4 Å². The molecule has 0 saturated carbocycles. The van der Waals surface area contributed by atoms with Crippen LogP contribution < -0.4 is 4.90 Å². The van der Waals surface area contributed by atoms with Crippen LogP contribution in [0.5, 0.6) is 0 Å². The molecule has 32 heavy (non-hydrogen) atoms. The number of benzene rings is 2. The first-order valence-corrected chi connectivity index (χ1v) is 12.1. The summed E-state index contributed by atoms with van der Waals surface area (Å²) in [6.07, 6.45) is 11.4. The number of rotatable bonds is 4. The summed E-state index contributed by atoms with van der Waals surface area (Å²) in [6, 6.07) is 11.1. The first-order chi connectivity index (χ1) is 15.6. The predicted molar refractivity (Wildman–Crippen MR) is 127 cm³/mol. The molecule has 2 aliphatic heterocycles. The minimum absolute atomic E-state index is 0.200. The number of nitrogens with zero attached hydrogens (tertiary/aromatic N) is 1. The molecular weight excluding hydrogens is 466 g/mol. The zero-order chi connectivity index (χ0) is 21.8. The van der Waals surface area contributed by atoms with E-state index in [0.717, 1.165) is 30.4 Å². The number of carbonyl (C=O) groups excluding carboxylic acids is 2. The number of carbonyl (C=O) groups is 2.